The molecule has 2 N–H and O–H groups in total. The number of carbonyl (C=O) groups is 1. The molecule has 0 radical (unpaired) electrons. The molecule has 1 amide bonds. The minimum Gasteiger partial charge on any atom is -0.497 e. The van der Waals surface area contributed by atoms with Crippen LogP contribution in [0.2, 0.25) is 0 Å². The van der Waals surface area contributed by atoms with Crippen molar-refractivity contribution in [3.8, 4) is 5.75 Å². The van der Waals surface area contributed by atoms with Crippen LogP contribution in [-0.4, -0.2) is 19.6 Å². The van der Waals surface area contributed by atoms with E-state index in [0.717, 1.165) is 24.2 Å². The summed E-state index contributed by atoms with van der Waals surface area (Å²) in [5.41, 5.74) is 1.31. The van der Waals surface area contributed by atoms with E-state index in [1.807, 2.05) is 24.3 Å². The summed E-state index contributed by atoms with van der Waals surface area (Å²) in [6.07, 6.45) is 2.29. The van der Waals surface area contributed by atoms with Gasteiger partial charge in [-0.2, -0.15) is 0 Å². The first-order chi connectivity index (χ1) is 12.1. The highest BCUT2D eigenvalue weighted by Crippen LogP contribution is 2.41. The average Bonchev–Trinajstić information content (AvgIpc) is 3.43. The molecule has 0 aliphatic heterocycles. The molecule has 1 saturated carbocycles. The van der Waals surface area contributed by atoms with Crippen molar-refractivity contribution >= 4 is 27.5 Å². The van der Waals surface area contributed by atoms with Crippen LogP contribution < -0.4 is 15.4 Å². The molecule has 3 rings (SSSR count). The van der Waals surface area contributed by atoms with Crippen LogP contribution in [0.3, 0.4) is 0 Å². The molecule has 2 aromatic carbocycles. The van der Waals surface area contributed by atoms with Gasteiger partial charge in [0.05, 0.1) is 19.3 Å². The number of amides is 1. The molecule has 1 unspecified atom stereocenters. The van der Waals surface area contributed by atoms with Gasteiger partial charge >= 0.3 is 0 Å². The van der Waals surface area contributed by atoms with Crippen LogP contribution in [0.5, 0.6) is 5.75 Å². The van der Waals surface area contributed by atoms with Crippen molar-refractivity contribution in [2.45, 2.75) is 18.9 Å². The molecule has 4 nitrogen and oxygen atoms in total. The maximum absolute atomic E-state index is 13.8. The summed E-state index contributed by atoms with van der Waals surface area (Å²) < 4.78 is 19.6. The normalized spacial score (nSPS) is 14.8. The van der Waals surface area contributed by atoms with Crippen LogP contribution in [0, 0.1) is 11.7 Å². The van der Waals surface area contributed by atoms with E-state index in [-0.39, 0.29) is 24.2 Å². The highest BCUT2D eigenvalue weighted by molar-refractivity contribution is 9.10. The monoisotopic (exact) mass is 406 g/mol. The summed E-state index contributed by atoms with van der Waals surface area (Å²) in [5, 5.41) is 5.91. The van der Waals surface area contributed by atoms with Gasteiger partial charge in [-0.15, -0.1) is 0 Å². The number of hydrogen-bond donors (Lipinski definition) is 2. The molecule has 1 aliphatic rings. The van der Waals surface area contributed by atoms with Crippen molar-refractivity contribution in [2.75, 3.05) is 19.0 Å². The fourth-order valence-corrected chi connectivity index (χ4v) is 3.12. The predicted octanol–water partition coefficient (Wildman–Crippen LogP) is 4.28. The van der Waals surface area contributed by atoms with E-state index in [9.17, 15) is 9.18 Å². The third-order valence-electron chi connectivity index (χ3n) is 4.26. The Morgan fingerprint density at radius 2 is 2.00 bits per heavy atom. The fraction of sp³-hybridized carbons (Fsp3) is 0.316. The summed E-state index contributed by atoms with van der Waals surface area (Å²) in [5.74, 6) is 0.615. The smallest absolute Gasteiger partial charge is 0.238 e. The maximum atomic E-state index is 13.8. The summed E-state index contributed by atoms with van der Waals surface area (Å²) in [6, 6.07) is 12.5. The second-order valence-corrected chi connectivity index (χ2v) is 7.06. The molecule has 0 bridgehead atoms. The van der Waals surface area contributed by atoms with Crippen LogP contribution in [0.25, 0.3) is 0 Å². The second kappa shape index (κ2) is 7.97. The Hall–Kier alpha value is -1.92. The summed E-state index contributed by atoms with van der Waals surface area (Å²) >= 11 is 3.20. The Morgan fingerprint density at radius 1 is 1.28 bits per heavy atom. The lowest BCUT2D eigenvalue weighted by atomic mass is 10.0. The Bertz CT molecular complexity index is 748. The van der Waals surface area contributed by atoms with Gasteiger partial charge in [-0.25, -0.2) is 4.39 Å². The van der Waals surface area contributed by atoms with Gasteiger partial charge in [-0.05, 0) is 54.7 Å². The summed E-state index contributed by atoms with van der Waals surface area (Å²) in [6.45, 7) is 0.128. The largest absolute Gasteiger partial charge is 0.497 e. The Morgan fingerprint density at radius 3 is 2.60 bits per heavy atom. The SMILES string of the molecule is COc1ccc(C(NCC(=O)Nc2ccc(Br)cc2F)C2CC2)cc1. The van der Waals surface area contributed by atoms with E-state index in [1.165, 1.54) is 6.07 Å². The van der Waals surface area contributed by atoms with E-state index in [2.05, 4.69) is 26.6 Å². The topological polar surface area (TPSA) is 50.4 Å². The Balaban J connectivity index is 1.60. The fourth-order valence-electron chi connectivity index (χ4n) is 2.79. The van der Waals surface area contributed by atoms with Crippen molar-refractivity contribution in [1.82, 2.24) is 5.32 Å². The molecule has 2 aromatic rings. The number of carbonyl (C=O) groups excluding carboxylic acids is 1. The minimum atomic E-state index is -0.461. The molecule has 1 aliphatic carbocycles. The number of halogens is 2. The number of anilines is 1. The molecule has 0 aromatic heterocycles. The lowest BCUT2D eigenvalue weighted by Crippen LogP contribution is -2.32. The quantitative estimate of drug-likeness (QED) is 0.721. The molecule has 1 fully saturated rings. The van der Waals surface area contributed by atoms with Gasteiger partial charge < -0.3 is 15.4 Å². The van der Waals surface area contributed by atoms with Crippen molar-refractivity contribution in [3.63, 3.8) is 0 Å². The summed E-state index contributed by atoms with van der Waals surface area (Å²) in [7, 11) is 1.64. The molecule has 1 atom stereocenters. The maximum Gasteiger partial charge on any atom is 0.238 e. The van der Waals surface area contributed by atoms with Crippen LogP contribution >= 0.6 is 15.9 Å². The number of ether oxygens (including phenoxy) is 1. The first-order valence-corrected chi connectivity index (χ1v) is 8.98. The van der Waals surface area contributed by atoms with Crippen molar-refractivity contribution in [3.05, 3.63) is 58.3 Å². The Labute approximate surface area is 154 Å². The third kappa shape index (κ3) is 4.80. The number of nitrogens with one attached hydrogen (secondary N) is 2. The number of rotatable bonds is 7. The third-order valence-corrected chi connectivity index (χ3v) is 4.75. The lowest BCUT2D eigenvalue weighted by Gasteiger charge is -2.19. The van der Waals surface area contributed by atoms with Crippen LogP contribution in [0.1, 0.15) is 24.4 Å². The molecule has 0 heterocycles. The van der Waals surface area contributed by atoms with Crippen LogP contribution in [0.15, 0.2) is 46.9 Å². The second-order valence-electron chi connectivity index (χ2n) is 6.14. The van der Waals surface area contributed by atoms with Gasteiger partial charge in [0, 0.05) is 10.5 Å². The minimum absolute atomic E-state index is 0.117. The van der Waals surface area contributed by atoms with Gasteiger partial charge in [-0.1, -0.05) is 28.1 Å². The molecule has 132 valence electrons. The highest BCUT2D eigenvalue weighted by atomic mass is 79.9. The molecular formula is C19H20BrFN2O2. The number of methoxy groups -OCH3 is 1. The van der Waals surface area contributed by atoms with Crippen LogP contribution in [-0.2, 0) is 4.79 Å². The first-order valence-electron chi connectivity index (χ1n) is 8.19. The zero-order chi connectivity index (χ0) is 17.8. The van der Waals surface area contributed by atoms with E-state index in [0.29, 0.717) is 10.4 Å². The zero-order valence-corrected chi connectivity index (χ0v) is 15.5. The highest BCUT2D eigenvalue weighted by Gasteiger charge is 2.32. The van der Waals surface area contributed by atoms with Gasteiger partial charge in [-0.3, -0.25) is 4.79 Å². The zero-order valence-electron chi connectivity index (χ0n) is 13.9. The lowest BCUT2D eigenvalue weighted by molar-refractivity contribution is -0.115. The molecular weight excluding hydrogens is 387 g/mol. The Kier molecular flexibility index (Phi) is 5.71. The molecule has 6 heteroatoms. The van der Waals surface area contributed by atoms with E-state index in [4.69, 9.17) is 4.74 Å². The van der Waals surface area contributed by atoms with Crippen molar-refractivity contribution in [2.24, 2.45) is 5.92 Å². The van der Waals surface area contributed by atoms with E-state index < -0.39 is 5.82 Å². The predicted molar refractivity (Wildman–Crippen MR) is 99.2 cm³/mol. The molecule has 25 heavy (non-hydrogen) atoms. The van der Waals surface area contributed by atoms with Gasteiger partial charge in [0.25, 0.3) is 0 Å². The standard InChI is InChI=1S/C19H20BrFN2O2/c1-25-15-7-4-13(5-8-15)19(12-2-3-12)22-11-18(24)23-17-9-6-14(20)10-16(17)21/h4-10,12,19,22H,2-3,11H2,1H3,(H,23,24). The van der Waals surface area contributed by atoms with Gasteiger partial charge in [0.1, 0.15) is 11.6 Å². The van der Waals surface area contributed by atoms with Gasteiger partial charge in [0.15, 0.2) is 0 Å². The first kappa shape index (κ1) is 17.9. The van der Waals surface area contributed by atoms with Crippen LogP contribution in [0.4, 0.5) is 10.1 Å². The van der Waals surface area contributed by atoms with E-state index in [1.54, 1.807) is 19.2 Å². The van der Waals surface area contributed by atoms with Crippen molar-refractivity contribution < 1.29 is 13.9 Å². The number of hydrogen-bond acceptors (Lipinski definition) is 3. The summed E-state index contributed by atoms with van der Waals surface area (Å²) in [4.78, 5) is 12.2. The van der Waals surface area contributed by atoms with Crippen molar-refractivity contribution in [1.29, 1.82) is 0 Å². The average molecular weight is 407 g/mol. The number of benzene rings is 2. The van der Waals surface area contributed by atoms with Gasteiger partial charge in [0.2, 0.25) is 5.91 Å². The molecule has 0 spiro atoms. The molecule has 0 saturated heterocycles. The van der Waals surface area contributed by atoms with E-state index >= 15 is 0 Å².